The average molecular weight is 379 g/mol. The van der Waals surface area contributed by atoms with Gasteiger partial charge < -0.3 is 9.47 Å². The molecule has 0 atom stereocenters. The lowest BCUT2D eigenvalue weighted by Gasteiger charge is -2.32. The van der Waals surface area contributed by atoms with E-state index in [4.69, 9.17) is 9.47 Å². The van der Waals surface area contributed by atoms with E-state index in [0.29, 0.717) is 0 Å². The fraction of sp³-hybridized carbons (Fsp3) is 0.619. The Bertz CT molecular complexity index is 582. The maximum absolute atomic E-state index is 5.72. The van der Waals surface area contributed by atoms with Crippen LogP contribution < -0.4 is 9.47 Å². The monoisotopic (exact) mass is 378 g/mol. The largest absolute Gasteiger partial charge is 0.493 e. The normalized spacial score (nSPS) is 20.6. The molecule has 3 rings (SSSR count). The molecule has 1 aromatic rings. The highest BCUT2D eigenvalue weighted by Crippen LogP contribution is 2.47. The van der Waals surface area contributed by atoms with Gasteiger partial charge in [-0.3, -0.25) is 0 Å². The van der Waals surface area contributed by atoms with Crippen LogP contribution in [0.2, 0.25) is 0 Å². The van der Waals surface area contributed by atoms with Crippen molar-refractivity contribution in [3.05, 3.63) is 34.1 Å². The van der Waals surface area contributed by atoms with Crippen molar-refractivity contribution < 1.29 is 9.47 Å². The van der Waals surface area contributed by atoms with Crippen LogP contribution in [0.5, 0.6) is 11.5 Å². The zero-order chi connectivity index (χ0) is 17.5. The summed E-state index contributed by atoms with van der Waals surface area (Å²) in [4.78, 5) is 0. The van der Waals surface area contributed by atoms with Crippen LogP contribution in [0.1, 0.15) is 50.5 Å². The number of allylic oxidation sites excluding steroid dienone is 1. The van der Waals surface area contributed by atoms with Gasteiger partial charge in [0.1, 0.15) is 0 Å². The molecule has 0 radical (unpaired) electrons. The smallest absolute Gasteiger partial charge is 0.163 e. The molecule has 0 aromatic heterocycles. The maximum Gasteiger partial charge on any atom is 0.163 e. The molecule has 25 heavy (non-hydrogen) atoms. The van der Waals surface area contributed by atoms with Crippen LogP contribution in [-0.4, -0.2) is 25.7 Å². The van der Waals surface area contributed by atoms with Crippen molar-refractivity contribution in [1.29, 1.82) is 0 Å². The van der Waals surface area contributed by atoms with Crippen LogP contribution in [0.4, 0.5) is 0 Å². The van der Waals surface area contributed by atoms with Gasteiger partial charge in [0.2, 0.25) is 0 Å². The van der Waals surface area contributed by atoms with Gasteiger partial charge in [-0.2, -0.15) is 0 Å². The number of rotatable bonds is 5. The highest BCUT2D eigenvalue weighted by Gasteiger charge is 2.31. The van der Waals surface area contributed by atoms with E-state index in [1.54, 1.807) is 18.5 Å². The van der Waals surface area contributed by atoms with Crippen molar-refractivity contribution in [3.8, 4) is 11.5 Å². The summed E-state index contributed by atoms with van der Waals surface area (Å²) < 4.78 is 12.8. The quantitative estimate of drug-likeness (QED) is 0.560. The molecule has 1 heterocycles. The molecule has 1 aliphatic carbocycles. The number of para-hydroxylation sites is 1. The SMILES string of the molecule is COc1cccc(CC2(C=C3SCCCS3)CCCCCC2)c1OC. The Labute approximate surface area is 161 Å². The van der Waals surface area contributed by atoms with E-state index in [-0.39, 0.29) is 5.41 Å². The molecule has 1 aliphatic heterocycles. The molecule has 0 bridgehead atoms. The Morgan fingerprint density at radius 2 is 1.68 bits per heavy atom. The molecule has 0 unspecified atom stereocenters. The Morgan fingerprint density at radius 1 is 0.960 bits per heavy atom. The lowest BCUT2D eigenvalue weighted by atomic mass is 9.75. The van der Waals surface area contributed by atoms with Gasteiger partial charge in [-0.15, -0.1) is 23.5 Å². The fourth-order valence-corrected chi connectivity index (χ4v) is 6.72. The second kappa shape index (κ2) is 9.27. The van der Waals surface area contributed by atoms with E-state index in [1.165, 1.54) is 62.0 Å². The van der Waals surface area contributed by atoms with Crippen molar-refractivity contribution >= 4 is 23.5 Å². The van der Waals surface area contributed by atoms with Gasteiger partial charge in [-0.25, -0.2) is 0 Å². The molecule has 2 aliphatic rings. The fourth-order valence-electron chi connectivity index (χ4n) is 4.06. The summed E-state index contributed by atoms with van der Waals surface area (Å²) in [5.41, 5.74) is 1.55. The van der Waals surface area contributed by atoms with Gasteiger partial charge in [0.15, 0.2) is 11.5 Å². The minimum absolute atomic E-state index is 0.267. The predicted octanol–water partition coefficient (Wildman–Crippen LogP) is 6.30. The van der Waals surface area contributed by atoms with E-state index in [0.717, 1.165) is 17.9 Å². The standard InChI is InChI=1S/C21H30O2S2/c1-22-18-10-7-9-17(20(18)23-2)15-21(11-5-3-4-6-12-21)16-19-24-13-8-14-25-19/h7,9-10,16H,3-6,8,11-15H2,1-2H3. The Morgan fingerprint density at radius 3 is 2.32 bits per heavy atom. The molecule has 4 heteroatoms. The molecule has 2 fully saturated rings. The van der Waals surface area contributed by atoms with Gasteiger partial charge in [-0.1, -0.05) is 43.9 Å². The molecule has 2 nitrogen and oxygen atoms in total. The lowest BCUT2D eigenvalue weighted by Crippen LogP contribution is -2.21. The molecule has 1 saturated carbocycles. The van der Waals surface area contributed by atoms with Crippen molar-refractivity contribution in [1.82, 2.24) is 0 Å². The zero-order valence-corrected chi connectivity index (χ0v) is 17.1. The lowest BCUT2D eigenvalue weighted by molar-refractivity contribution is 0.312. The van der Waals surface area contributed by atoms with Gasteiger partial charge >= 0.3 is 0 Å². The first kappa shape index (κ1) is 19.0. The summed E-state index contributed by atoms with van der Waals surface area (Å²) >= 11 is 4.12. The third-order valence-electron chi connectivity index (χ3n) is 5.33. The molecular formula is C21H30O2S2. The van der Waals surface area contributed by atoms with E-state index in [9.17, 15) is 0 Å². The second-order valence-corrected chi connectivity index (χ2v) is 9.65. The van der Waals surface area contributed by atoms with Gasteiger partial charge in [0, 0.05) is 4.24 Å². The highest BCUT2D eigenvalue weighted by molar-refractivity contribution is 8.22. The predicted molar refractivity (Wildman–Crippen MR) is 111 cm³/mol. The minimum Gasteiger partial charge on any atom is -0.493 e. The summed E-state index contributed by atoms with van der Waals surface area (Å²) in [6.07, 6.45) is 13.0. The first-order chi connectivity index (χ1) is 12.3. The van der Waals surface area contributed by atoms with E-state index >= 15 is 0 Å². The maximum atomic E-state index is 5.72. The third kappa shape index (κ3) is 4.91. The average Bonchev–Trinajstić information content (AvgIpc) is 2.88. The van der Waals surface area contributed by atoms with Crippen molar-refractivity contribution in [2.24, 2.45) is 5.41 Å². The Hall–Kier alpha value is -0.740. The van der Waals surface area contributed by atoms with E-state index in [1.807, 2.05) is 6.07 Å². The summed E-state index contributed by atoms with van der Waals surface area (Å²) in [6, 6.07) is 6.30. The van der Waals surface area contributed by atoms with E-state index < -0.39 is 0 Å². The van der Waals surface area contributed by atoms with E-state index in [2.05, 4.69) is 41.7 Å². The highest BCUT2D eigenvalue weighted by atomic mass is 32.2. The minimum atomic E-state index is 0.267. The number of methoxy groups -OCH3 is 2. The molecule has 138 valence electrons. The number of hydrogen-bond donors (Lipinski definition) is 0. The number of ether oxygens (including phenoxy) is 2. The molecule has 0 spiro atoms. The van der Waals surface area contributed by atoms with Gasteiger partial charge in [0.05, 0.1) is 14.2 Å². The van der Waals surface area contributed by atoms with Crippen LogP contribution in [0, 0.1) is 5.41 Å². The first-order valence-corrected chi connectivity index (χ1v) is 11.4. The van der Waals surface area contributed by atoms with Crippen LogP contribution in [0.25, 0.3) is 0 Å². The van der Waals surface area contributed by atoms with Gasteiger partial charge in [0.25, 0.3) is 0 Å². The first-order valence-electron chi connectivity index (χ1n) is 9.45. The molecule has 0 amide bonds. The number of hydrogen-bond acceptors (Lipinski definition) is 4. The summed E-state index contributed by atoms with van der Waals surface area (Å²) in [6.45, 7) is 0. The van der Waals surface area contributed by atoms with Crippen LogP contribution in [0.15, 0.2) is 28.5 Å². The molecular weight excluding hydrogens is 348 g/mol. The second-order valence-electron chi connectivity index (χ2n) is 7.12. The number of thioether (sulfide) groups is 2. The van der Waals surface area contributed by atoms with Crippen molar-refractivity contribution in [2.75, 3.05) is 25.7 Å². The Balaban J connectivity index is 1.92. The van der Waals surface area contributed by atoms with Gasteiger partial charge in [-0.05, 0) is 54.2 Å². The third-order valence-corrected chi connectivity index (χ3v) is 7.83. The zero-order valence-electron chi connectivity index (χ0n) is 15.5. The molecule has 0 N–H and O–H groups in total. The van der Waals surface area contributed by atoms with Crippen molar-refractivity contribution in [2.45, 2.75) is 51.4 Å². The topological polar surface area (TPSA) is 18.5 Å². The van der Waals surface area contributed by atoms with Crippen molar-refractivity contribution in [3.63, 3.8) is 0 Å². The molecule has 1 saturated heterocycles. The Kier molecular flexibility index (Phi) is 7.06. The molecule has 1 aromatic carbocycles. The van der Waals surface area contributed by atoms with Crippen LogP contribution >= 0.6 is 23.5 Å². The van der Waals surface area contributed by atoms with Crippen LogP contribution in [-0.2, 0) is 6.42 Å². The summed E-state index contributed by atoms with van der Waals surface area (Å²) in [5, 5.41) is 0. The summed E-state index contributed by atoms with van der Waals surface area (Å²) in [7, 11) is 3.48. The van der Waals surface area contributed by atoms with Crippen LogP contribution in [0.3, 0.4) is 0 Å². The summed E-state index contributed by atoms with van der Waals surface area (Å²) in [5.74, 6) is 4.31. The number of benzene rings is 1.